The van der Waals surface area contributed by atoms with Gasteiger partial charge in [-0.25, -0.2) is 0 Å². The number of nitrogens with zero attached hydrogens (tertiary/aromatic N) is 1. The molecule has 0 fully saturated rings. The summed E-state index contributed by atoms with van der Waals surface area (Å²) in [5.41, 5.74) is 0. The van der Waals surface area contributed by atoms with Gasteiger partial charge in [0.2, 0.25) is 5.91 Å². The molecule has 1 aromatic rings. The van der Waals surface area contributed by atoms with Crippen LogP contribution in [0.4, 0.5) is 0 Å². The molecular formula is C14H19ClN2O3. The zero-order chi connectivity index (χ0) is 15.1. The second kappa shape index (κ2) is 7.75. The molecule has 6 heteroatoms. The van der Waals surface area contributed by atoms with Crippen molar-refractivity contribution in [2.75, 3.05) is 20.1 Å². The van der Waals surface area contributed by atoms with Crippen LogP contribution in [0.15, 0.2) is 24.3 Å². The highest BCUT2D eigenvalue weighted by Gasteiger charge is 2.23. The SMILES string of the molecule is CCN(CC(=O)NC)C(=O)[C@H](C)Oc1ccccc1Cl. The van der Waals surface area contributed by atoms with E-state index >= 15 is 0 Å². The van der Waals surface area contributed by atoms with Crippen LogP contribution in [0.2, 0.25) is 5.02 Å². The molecule has 0 spiro atoms. The lowest BCUT2D eigenvalue weighted by atomic mass is 10.3. The molecular weight excluding hydrogens is 280 g/mol. The summed E-state index contributed by atoms with van der Waals surface area (Å²) < 4.78 is 5.55. The molecule has 1 N–H and O–H groups in total. The first-order valence-corrected chi connectivity index (χ1v) is 6.78. The minimum Gasteiger partial charge on any atom is -0.479 e. The number of rotatable bonds is 6. The van der Waals surface area contributed by atoms with Gasteiger partial charge in [-0.05, 0) is 26.0 Å². The third-order valence-electron chi connectivity index (χ3n) is 2.79. The van der Waals surface area contributed by atoms with Crippen molar-refractivity contribution in [2.24, 2.45) is 0 Å². The summed E-state index contributed by atoms with van der Waals surface area (Å²) in [6.45, 7) is 3.89. The fourth-order valence-corrected chi connectivity index (χ4v) is 1.82. The molecule has 0 aliphatic carbocycles. The molecule has 0 heterocycles. The Morgan fingerprint density at radius 2 is 2.05 bits per heavy atom. The zero-order valence-corrected chi connectivity index (χ0v) is 12.6. The van der Waals surface area contributed by atoms with Crippen LogP contribution in [0.25, 0.3) is 0 Å². The first-order valence-electron chi connectivity index (χ1n) is 6.40. The molecule has 0 saturated heterocycles. The fourth-order valence-electron chi connectivity index (χ4n) is 1.64. The quantitative estimate of drug-likeness (QED) is 0.869. The number of halogens is 1. The minimum absolute atomic E-state index is 0.0159. The van der Waals surface area contributed by atoms with Crippen LogP contribution >= 0.6 is 11.6 Å². The highest BCUT2D eigenvalue weighted by molar-refractivity contribution is 6.32. The van der Waals surface area contributed by atoms with Gasteiger partial charge < -0.3 is 15.0 Å². The van der Waals surface area contributed by atoms with Crippen molar-refractivity contribution in [1.29, 1.82) is 0 Å². The van der Waals surface area contributed by atoms with Gasteiger partial charge in [-0.2, -0.15) is 0 Å². The summed E-state index contributed by atoms with van der Waals surface area (Å²) in [7, 11) is 1.53. The second-order valence-corrected chi connectivity index (χ2v) is 4.62. The summed E-state index contributed by atoms with van der Waals surface area (Å²) in [5.74, 6) is -0.0211. The number of carbonyl (C=O) groups excluding carboxylic acids is 2. The molecule has 0 unspecified atom stereocenters. The highest BCUT2D eigenvalue weighted by Crippen LogP contribution is 2.24. The number of likely N-dealkylation sites (N-methyl/N-ethyl adjacent to an activating group) is 2. The van der Waals surface area contributed by atoms with Gasteiger partial charge in [-0.3, -0.25) is 9.59 Å². The molecule has 2 amide bonds. The molecule has 20 heavy (non-hydrogen) atoms. The Bertz CT molecular complexity index is 479. The second-order valence-electron chi connectivity index (χ2n) is 4.22. The van der Waals surface area contributed by atoms with Gasteiger partial charge >= 0.3 is 0 Å². The van der Waals surface area contributed by atoms with Crippen LogP contribution in [0.1, 0.15) is 13.8 Å². The van der Waals surface area contributed by atoms with Gasteiger partial charge in [0.1, 0.15) is 5.75 Å². The Morgan fingerprint density at radius 3 is 2.60 bits per heavy atom. The van der Waals surface area contributed by atoms with Crippen molar-refractivity contribution in [3.8, 4) is 5.75 Å². The van der Waals surface area contributed by atoms with Crippen molar-refractivity contribution >= 4 is 23.4 Å². The molecule has 1 atom stereocenters. The number of ether oxygens (including phenoxy) is 1. The van der Waals surface area contributed by atoms with E-state index < -0.39 is 6.10 Å². The Balaban J connectivity index is 2.70. The number of benzene rings is 1. The van der Waals surface area contributed by atoms with Crippen LogP contribution in [0.3, 0.4) is 0 Å². The minimum atomic E-state index is -0.709. The van der Waals surface area contributed by atoms with Gasteiger partial charge in [0, 0.05) is 13.6 Å². The summed E-state index contributed by atoms with van der Waals surface area (Å²) in [5, 5.41) is 2.93. The van der Waals surface area contributed by atoms with Crippen LogP contribution in [-0.2, 0) is 9.59 Å². The van der Waals surface area contributed by atoms with Crippen LogP contribution in [-0.4, -0.2) is 43.0 Å². The fraction of sp³-hybridized carbons (Fsp3) is 0.429. The number of hydrogen-bond donors (Lipinski definition) is 1. The van der Waals surface area contributed by atoms with Crippen LogP contribution in [0, 0.1) is 0 Å². The first kappa shape index (κ1) is 16.3. The van der Waals surface area contributed by atoms with Crippen LogP contribution in [0.5, 0.6) is 5.75 Å². The molecule has 0 aromatic heterocycles. The maximum absolute atomic E-state index is 12.2. The lowest BCUT2D eigenvalue weighted by Crippen LogP contribution is -2.45. The topological polar surface area (TPSA) is 58.6 Å². The largest absolute Gasteiger partial charge is 0.479 e. The Morgan fingerprint density at radius 1 is 1.40 bits per heavy atom. The van der Waals surface area contributed by atoms with E-state index in [1.54, 1.807) is 31.2 Å². The van der Waals surface area contributed by atoms with Crippen molar-refractivity contribution in [2.45, 2.75) is 20.0 Å². The molecule has 0 saturated carbocycles. The number of nitrogens with one attached hydrogen (secondary N) is 1. The average molecular weight is 299 g/mol. The number of para-hydroxylation sites is 1. The number of hydrogen-bond acceptors (Lipinski definition) is 3. The average Bonchev–Trinajstić information content (AvgIpc) is 2.46. The van der Waals surface area contributed by atoms with Gasteiger partial charge in [0.05, 0.1) is 11.6 Å². The summed E-state index contributed by atoms with van der Waals surface area (Å²) >= 11 is 5.98. The molecule has 5 nitrogen and oxygen atoms in total. The van der Waals surface area contributed by atoms with E-state index in [0.717, 1.165) is 0 Å². The molecule has 0 aliphatic rings. The van der Waals surface area contributed by atoms with Gasteiger partial charge in [-0.15, -0.1) is 0 Å². The monoisotopic (exact) mass is 298 g/mol. The normalized spacial score (nSPS) is 11.6. The van der Waals surface area contributed by atoms with Crippen molar-refractivity contribution in [3.63, 3.8) is 0 Å². The third-order valence-corrected chi connectivity index (χ3v) is 3.11. The Hall–Kier alpha value is -1.75. The molecule has 1 rings (SSSR count). The maximum atomic E-state index is 12.2. The summed E-state index contributed by atoms with van der Waals surface area (Å²) in [4.78, 5) is 25.0. The predicted octanol–water partition coefficient (Wildman–Crippen LogP) is 1.70. The molecule has 0 radical (unpaired) electrons. The van der Waals surface area contributed by atoms with E-state index in [9.17, 15) is 9.59 Å². The molecule has 0 aliphatic heterocycles. The highest BCUT2D eigenvalue weighted by atomic mass is 35.5. The van der Waals surface area contributed by atoms with E-state index in [-0.39, 0.29) is 18.4 Å². The number of amides is 2. The van der Waals surface area contributed by atoms with E-state index in [1.807, 2.05) is 6.92 Å². The van der Waals surface area contributed by atoms with Crippen molar-refractivity contribution in [3.05, 3.63) is 29.3 Å². The Kier molecular flexibility index (Phi) is 6.31. The molecule has 110 valence electrons. The van der Waals surface area contributed by atoms with Gasteiger partial charge in [-0.1, -0.05) is 23.7 Å². The molecule has 0 bridgehead atoms. The van der Waals surface area contributed by atoms with E-state index in [0.29, 0.717) is 17.3 Å². The zero-order valence-electron chi connectivity index (χ0n) is 11.9. The van der Waals surface area contributed by atoms with E-state index in [4.69, 9.17) is 16.3 Å². The standard InChI is InChI=1S/C14H19ClN2O3/c1-4-17(9-13(18)16-3)14(19)10(2)20-12-8-6-5-7-11(12)15/h5-8,10H,4,9H2,1-3H3,(H,16,18)/t10-/m0/s1. The number of carbonyl (C=O) groups is 2. The van der Waals surface area contributed by atoms with Crippen molar-refractivity contribution in [1.82, 2.24) is 10.2 Å². The van der Waals surface area contributed by atoms with Gasteiger partial charge in [0.15, 0.2) is 6.10 Å². The third kappa shape index (κ3) is 4.42. The predicted molar refractivity (Wildman–Crippen MR) is 77.9 cm³/mol. The Labute approximate surface area is 123 Å². The lowest BCUT2D eigenvalue weighted by Gasteiger charge is -2.24. The van der Waals surface area contributed by atoms with E-state index in [1.165, 1.54) is 11.9 Å². The first-order chi connectivity index (χ1) is 9.49. The van der Waals surface area contributed by atoms with Crippen molar-refractivity contribution < 1.29 is 14.3 Å². The van der Waals surface area contributed by atoms with Crippen LogP contribution < -0.4 is 10.1 Å². The summed E-state index contributed by atoms with van der Waals surface area (Å²) in [6, 6.07) is 6.95. The van der Waals surface area contributed by atoms with E-state index in [2.05, 4.69) is 5.32 Å². The maximum Gasteiger partial charge on any atom is 0.263 e. The molecule has 1 aromatic carbocycles. The summed E-state index contributed by atoms with van der Waals surface area (Å²) in [6.07, 6.45) is -0.709. The van der Waals surface area contributed by atoms with Gasteiger partial charge in [0.25, 0.3) is 5.91 Å². The lowest BCUT2D eigenvalue weighted by molar-refractivity contribution is -0.141. The smallest absolute Gasteiger partial charge is 0.263 e.